The number of methoxy groups -OCH3 is 1. The monoisotopic (exact) mass is 272 g/mol. The summed E-state index contributed by atoms with van der Waals surface area (Å²) in [6.45, 7) is 4.00. The Hall–Kier alpha value is -2.07. The summed E-state index contributed by atoms with van der Waals surface area (Å²) in [7, 11) is 1.66. The lowest BCUT2D eigenvalue weighted by atomic mass is 10.1. The Balaban J connectivity index is 2.24. The number of ether oxygens (including phenoxy) is 2. The molecule has 1 aromatic heterocycles. The van der Waals surface area contributed by atoms with Crippen LogP contribution in [0.4, 0.5) is 5.82 Å². The van der Waals surface area contributed by atoms with E-state index in [0.717, 1.165) is 29.4 Å². The lowest BCUT2D eigenvalue weighted by Gasteiger charge is -2.11. The number of rotatable bonds is 7. The van der Waals surface area contributed by atoms with Crippen LogP contribution in [-0.4, -0.2) is 31.9 Å². The van der Waals surface area contributed by atoms with Gasteiger partial charge in [-0.05, 0) is 31.2 Å². The third-order valence-corrected chi connectivity index (χ3v) is 2.82. The van der Waals surface area contributed by atoms with Crippen molar-refractivity contribution in [1.29, 1.82) is 0 Å². The van der Waals surface area contributed by atoms with E-state index in [9.17, 15) is 0 Å². The standard InChI is InChI=1S/C16H20N2O2/c1-3-17-16-10-6-8-14(18-16)13-7-4-5-9-15(13)20-12-11-19-2/h4-10H,3,11-12H2,1-2H3,(H,17,18). The molecule has 4 heteroatoms. The van der Waals surface area contributed by atoms with E-state index in [1.165, 1.54) is 0 Å². The molecule has 0 aliphatic carbocycles. The van der Waals surface area contributed by atoms with Crippen molar-refractivity contribution in [3.05, 3.63) is 42.5 Å². The number of anilines is 1. The molecule has 0 fully saturated rings. The molecule has 2 aromatic rings. The van der Waals surface area contributed by atoms with Crippen LogP contribution in [0.5, 0.6) is 5.75 Å². The number of hydrogen-bond acceptors (Lipinski definition) is 4. The summed E-state index contributed by atoms with van der Waals surface area (Å²) < 4.78 is 10.8. The lowest BCUT2D eigenvalue weighted by molar-refractivity contribution is 0.146. The highest BCUT2D eigenvalue weighted by Gasteiger charge is 2.07. The number of benzene rings is 1. The Morgan fingerprint density at radius 2 is 1.90 bits per heavy atom. The third-order valence-electron chi connectivity index (χ3n) is 2.82. The quantitative estimate of drug-likeness (QED) is 0.786. The fourth-order valence-electron chi connectivity index (χ4n) is 1.90. The molecule has 2 rings (SSSR count). The normalized spacial score (nSPS) is 10.3. The highest BCUT2D eigenvalue weighted by Crippen LogP contribution is 2.29. The van der Waals surface area contributed by atoms with Crippen LogP contribution in [-0.2, 0) is 4.74 Å². The summed E-state index contributed by atoms with van der Waals surface area (Å²) in [6.07, 6.45) is 0. The molecule has 0 aliphatic heterocycles. The molecule has 0 saturated heterocycles. The first-order valence-corrected chi connectivity index (χ1v) is 6.77. The summed E-state index contributed by atoms with van der Waals surface area (Å²) in [5.74, 6) is 1.70. The molecule has 106 valence electrons. The second-order valence-corrected chi connectivity index (χ2v) is 4.28. The van der Waals surface area contributed by atoms with Crippen LogP contribution in [0.3, 0.4) is 0 Å². The SMILES string of the molecule is CCNc1cccc(-c2ccccc2OCCOC)n1. The molecule has 0 unspecified atom stereocenters. The van der Waals surface area contributed by atoms with Gasteiger partial charge in [-0.2, -0.15) is 0 Å². The van der Waals surface area contributed by atoms with Crippen molar-refractivity contribution >= 4 is 5.82 Å². The van der Waals surface area contributed by atoms with Crippen molar-refractivity contribution in [2.75, 3.05) is 32.2 Å². The minimum Gasteiger partial charge on any atom is -0.490 e. The molecule has 1 heterocycles. The zero-order valence-electron chi connectivity index (χ0n) is 11.9. The number of nitrogens with one attached hydrogen (secondary N) is 1. The smallest absolute Gasteiger partial charge is 0.128 e. The maximum Gasteiger partial charge on any atom is 0.128 e. The van der Waals surface area contributed by atoms with E-state index < -0.39 is 0 Å². The Kier molecular flexibility index (Phi) is 5.38. The molecule has 0 saturated carbocycles. The number of nitrogens with zero attached hydrogens (tertiary/aromatic N) is 1. The highest BCUT2D eigenvalue weighted by molar-refractivity contribution is 5.68. The van der Waals surface area contributed by atoms with Gasteiger partial charge in [-0.15, -0.1) is 0 Å². The minimum absolute atomic E-state index is 0.528. The van der Waals surface area contributed by atoms with Crippen LogP contribution in [0, 0.1) is 0 Å². The first-order valence-electron chi connectivity index (χ1n) is 6.77. The summed E-state index contributed by atoms with van der Waals surface area (Å²) in [5, 5.41) is 3.22. The Morgan fingerprint density at radius 1 is 1.05 bits per heavy atom. The second-order valence-electron chi connectivity index (χ2n) is 4.28. The van der Waals surface area contributed by atoms with Gasteiger partial charge in [0, 0.05) is 19.2 Å². The maximum absolute atomic E-state index is 5.75. The molecule has 20 heavy (non-hydrogen) atoms. The van der Waals surface area contributed by atoms with E-state index in [0.29, 0.717) is 13.2 Å². The van der Waals surface area contributed by atoms with E-state index in [1.807, 2.05) is 42.5 Å². The van der Waals surface area contributed by atoms with Gasteiger partial charge in [0.2, 0.25) is 0 Å². The molecule has 0 spiro atoms. The first kappa shape index (κ1) is 14.3. The van der Waals surface area contributed by atoms with Gasteiger partial charge in [-0.3, -0.25) is 0 Å². The Labute approximate surface area is 119 Å². The predicted octanol–water partition coefficient (Wildman–Crippen LogP) is 3.21. The van der Waals surface area contributed by atoms with Crippen LogP contribution in [0.15, 0.2) is 42.5 Å². The third kappa shape index (κ3) is 3.71. The minimum atomic E-state index is 0.528. The summed E-state index contributed by atoms with van der Waals surface area (Å²) in [4.78, 5) is 4.60. The molecule has 1 N–H and O–H groups in total. The van der Waals surface area contributed by atoms with Crippen molar-refractivity contribution in [3.8, 4) is 17.0 Å². The van der Waals surface area contributed by atoms with Crippen LogP contribution < -0.4 is 10.1 Å². The van der Waals surface area contributed by atoms with Gasteiger partial charge in [0.1, 0.15) is 18.2 Å². The van der Waals surface area contributed by atoms with Gasteiger partial charge in [-0.1, -0.05) is 18.2 Å². The zero-order valence-corrected chi connectivity index (χ0v) is 11.9. The van der Waals surface area contributed by atoms with Crippen molar-refractivity contribution in [2.24, 2.45) is 0 Å². The average Bonchev–Trinajstić information content (AvgIpc) is 2.49. The number of pyridine rings is 1. The molecular formula is C16H20N2O2. The zero-order chi connectivity index (χ0) is 14.2. The van der Waals surface area contributed by atoms with E-state index in [4.69, 9.17) is 9.47 Å². The highest BCUT2D eigenvalue weighted by atomic mass is 16.5. The van der Waals surface area contributed by atoms with Crippen LogP contribution in [0.25, 0.3) is 11.3 Å². The van der Waals surface area contributed by atoms with Gasteiger partial charge in [0.15, 0.2) is 0 Å². The van der Waals surface area contributed by atoms with Crippen molar-refractivity contribution < 1.29 is 9.47 Å². The fraction of sp³-hybridized carbons (Fsp3) is 0.312. The van der Waals surface area contributed by atoms with Gasteiger partial charge in [-0.25, -0.2) is 4.98 Å². The second kappa shape index (κ2) is 7.50. The molecule has 1 aromatic carbocycles. The molecule has 0 atom stereocenters. The van der Waals surface area contributed by atoms with E-state index in [1.54, 1.807) is 7.11 Å². The molecule has 0 bridgehead atoms. The molecule has 0 radical (unpaired) electrons. The van der Waals surface area contributed by atoms with Gasteiger partial charge < -0.3 is 14.8 Å². The predicted molar refractivity (Wildman–Crippen MR) is 81.2 cm³/mol. The summed E-state index contributed by atoms with van der Waals surface area (Å²) in [6, 6.07) is 13.8. The van der Waals surface area contributed by atoms with Crippen LogP contribution in [0.2, 0.25) is 0 Å². The fourth-order valence-corrected chi connectivity index (χ4v) is 1.90. The molecule has 0 amide bonds. The van der Waals surface area contributed by atoms with Crippen LogP contribution in [0.1, 0.15) is 6.92 Å². The van der Waals surface area contributed by atoms with Crippen molar-refractivity contribution in [3.63, 3.8) is 0 Å². The average molecular weight is 272 g/mol. The van der Waals surface area contributed by atoms with Gasteiger partial charge in [0.25, 0.3) is 0 Å². The number of hydrogen-bond donors (Lipinski definition) is 1. The lowest BCUT2D eigenvalue weighted by Crippen LogP contribution is -2.05. The maximum atomic E-state index is 5.75. The number of para-hydroxylation sites is 1. The van der Waals surface area contributed by atoms with E-state index in [2.05, 4.69) is 17.2 Å². The summed E-state index contributed by atoms with van der Waals surface area (Å²) in [5.41, 5.74) is 1.89. The van der Waals surface area contributed by atoms with E-state index >= 15 is 0 Å². The van der Waals surface area contributed by atoms with Gasteiger partial charge >= 0.3 is 0 Å². The van der Waals surface area contributed by atoms with Crippen molar-refractivity contribution in [2.45, 2.75) is 6.92 Å². The molecule has 4 nitrogen and oxygen atoms in total. The number of aromatic nitrogens is 1. The van der Waals surface area contributed by atoms with E-state index in [-0.39, 0.29) is 0 Å². The molecular weight excluding hydrogens is 252 g/mol. The Morgan fingerprint density at radius 3 is 2.70 bits per heavy atom. The summed E-state index contributed by atoms with van der Waals surface area (Å²) >= 11 is 0. The van der Waals surface area contributed by atoms with Crippen LogP contribution >= 0.6 is 0 Å². The molecule has 0 aliphatic rings. The van der Waals surface area contributed by atoms with Gasteiger partial charge in [0.05, 0.1) is 12.3 Å². The first-order chi connectivity index (χ1) is 9.85. The van der Waals surface area contributed by atoms with Crippen molar-refractivity contribution in [1.82, 2.24) is 4.98 Å². The largest absolute Gasteiger partial charge is 0.490 e. The Bertz CT molecular complexity index is 544. The topological polar surface area (TPSA) is 43.4 Å².